The van der Waals surface area contributed by atoms with Crippen molar-refractivity contribution in [2.24, 2.45) is 0 Å². The lowest BCUT2D eigenvalue weighted by atomic mass is 10.3. The molecule has 0 heterocycles. The molecule has 0 aliphatic carbocycles. The van der Waals surface area contributed by atoms with E-state index in [9.17, 15) is 4.57 Å². The molecule has 1 aromatic rings. The van der Waals surface area contributed by atoms with E-state index >= 15 is 0 Å². The third-order valence-electron chi connectivity index (χ3n) is 1.18. The zero-order valence-electron chi connectivity index (χ0n) is 5.56. The minimum Gasteiger partial charge on any atom is -0.321 e. The Morgan fingerprint density at radius 3 is 2.36 bits per heavy atom. The van der Waals surface area contributed by atoms with Crippen LogP contribution in [0.15, 0.2) is 24.3 Å². The lowest BCUT2D eigenvalue weighted by Gasteiger charge is -2.02. The van der Waals surface area contributed by atoms with Crippen molar-refractivity contribution in [2.75, 3.05) is 0 Å². The van der Waals surface area contributed by atoms with Crippen molar-refractivity contribution in [3.05, 3.63) is 24.3 Å². The summed E-state index contributed by atoms with van der Waals surface area (Å²) in [5.41, 5.74) is 7.18. The van der Waals surface area contributed by atoms with Gasteiger partial charge in [0.25, 0.3) is 0 Å². The lowest BCUT2D eigenvalue weighted by Crippen LogP contribution is -2.02. The van der Waals surface area contributed by atoms with Gasteiger partial charge in [-0.15, -0.1) is 0 Å². The highest BCUT2D eigenvalue weighted by molar-refractivity contribution is 7.60. The summed E-state index contributed by atoms with van der Waals surface area (Å²) in [5.74, 6) is 0. The van der Waals surface area contributed by atoms with E-state index in [0.717, 1.165) is 6.07 Å². The van der Waals surface area contributed by atoms with Gasteiger partial charge in [-0.05, 0) is 18.2 Å². The van der Waals surface area contributed by atoms with Gasteiger partial charge in [0.05, 0.1) is 11.0 Å². The second-order valence-corrected chi connectivity index (χ2v) is 3.70. The average Bonchev–Trinajstić information content (AvgIpc) is 1.86. The molecule has 0 spiro atoms. The molecule has 0 saturated carbocycles. The van der Waals surface area contributed by atoms with Gasteiger partial charge in [-0.2, -0.15) is 0 Å². The Kier molecular flexibility index (Phi) is 2.00. The van der Waals surface area contributed by atoms with Crippen molar-refractivity contribution in [3.8, 4) is 0 Å². The highest BCUT2D eigenvalue weighted by Gasteiger charge is 2.16. The predicted molar refractivity (Wildman–Crippen MR) is 40.9 cm³/mol. The summed E-state index contributed by atoms with van der Waals surface area (Å²) in [6.45, 7) is 0. The van der Waals surface area contributed by atoms with Gasteiger partial charge >= 0.3 is 7.60 Å². The first-order chi connectivity index (χ1) is 5.00. The van der Waals surface area contributed by atoms with E-state index in [1.165, 1.54) is 18.2 Å². The molecule has 5 heteroatoms. The first-order valence-corrected chi connectivity index (χ1v) is 4.49. The predicted octanol–water partition coefficient (Wildman–Crippen LogP) is 0.404. The van der Waals surface area contributed by atoms with Crippen molar-refractivity contribution in [1.29, 1.82) is 0 Å². The van der Waals surface area contributed by atoms with Gasteiger partial charge in [0.1, 0.15) is 0 Å². The third-order valence-corrected chi connectivity index (χ3v) is 2.13. The van der Waals surface area contributed by atoms with Gasteiger partial charge in [0.2, 0.25) is 0 Å². The Bertz CT molecular complexity index is 306. The van der Waals surface area contributed by atoms with Crippen LogP contribution in [0.4, 0.5) is 5.69 Å². The van der Waals surface area contributed by atoms with E-state index in [4.69, 9.17) is 15.5 Å². The van der Waals surface area contributed by atoms with E-state index in [-0.39, 0.29) is 11.0 Å². The van der Waals surface area contributed by atoms with Crippen LogP contribution in [0, 0.1) is 0 Å². The highest BCUT2D eigenvalue weighted by Crippen LogP contribution is 2.33. The summed E-state index contributed by atoms with van der Waals surface area (Å²) in [4.78, 5) is 17.3. The normalized spacial score (nSPS) is 11.5. The lowest BCUT2D eigenvalue weighted by molar-refractivity contribution is 0.387. The number of benzene rings is 1. The molecule has 1 aromatic carbocycles. The van der Waals surface area contributed by atoms with E-state index < -0.39 is 7.60 Å². The van der Waals surface area contributed by atoms with Crippen molar-refractivity contribution in [1.82, 2.24) is 5.73 Å². The minimum absolute atomic E-state index is 0.103. The fourth-order valence-electron chi connectivity index (χ4n) is 0.687. The standard InChI is InChI=1S/C6H7NO3P/c7-5-2-1-3-6(4-5)11(8,9)10/h1-4,7H,(H2,8,9,10). The number of hydrogen-bond acceptors (Lipinski definition) is 1. The summed E-state index contributed by atoms with van der Waals surface area (Å²) in [6.07, 6.45) is 0. The molecule has 59 valence electrons. The zero-order valence-corrected chi connectivity index (χ0v) is 6.45. The molecule has 0 aromatic heterocycles. The van der Waals surface area contributed by atoms with Crippen LogP contribution in [0.1, 0.15) is 0 Å². The van der Waals surface area contributed by atoms with E-state index in [0.29, 0.717) is 0 Å². The molecule has 0 saturated heterocycles. The summed E-state index contributed by atoms with van der Waals surface area (Å²) in [7, 11) is -4.17. The zero-order chi connectivity index (χ0) is 8.48. The van der Waals surface area contributed by atoms with Crippen LogP contribution in [0.3, 0.4) is 0 Å². The smallest absolute Gasteiger partial charge is 0.321 e. The summed E-state index contributed by atoms with van der Waals surface area (Å²) in [6, 6.07) is 5.36. The number of hydrogen-bond donors (Lipinski definition) is 2. The summed E-state index contributed by atoms with van der Waals surface area (Å²) < 4.78 is 10.6. The van der Waals surface area contributed by atoms with Crippen molar-refractivity contribution < 1.29 is 14.4 Å². The molecular weight excluding hydrogens is 165 g/mol. The SMILES string of the molecule is [NH]c1cccc(P(=O)(O)O)c1. The maximum Gasteiger partial charge on any atom is 0.356 e. The highest BCUT2D eigenvalue weighted by atomic mass is 31.2. The maximum atomic E-state index is 10.6. The molecule has 0 unspecified atom stereocenters. The van der Waals surface area contributed by atoms with Crippen LogP contribution in [0.2, 0.25) is 0 Å². The van der Waals surface area contributed by atoms with Crippen LogP contribution in [0.25, 0.3) is 0 Å². The Balaban J connectivity index is 3.17. The van der Waals surface area contributed by atoms with Gasteiger partial charge in [-0.25, -0.2) is 0 Å². The van der Waals surface area contributed by atoms with Gasteiger partial charge in [-0.1, -0.05) is 6.07 Å². The molecule has 4 nitrogen and oxygen atoms in total. The molecule has 0 atom stereocenters. The van der Waals surface area contributed by atoms with Crippen LogP contribution in [-0.4, -0.2) is 9.79 Å². The fourth-order valence-corrected chi connectivity index (χ4v) is 1.27. The van der Waals surface area contributed by atoms with Crippen LogP contribution in [0.5, 0.6) is 0 Å². The molecule has 1 radical (unpaired) electrons. The molecule has 1 rings (SSSR count). The maximum absolute atomic E-state index is 10.6. The third kappa shape index (κ3) is 2.05. The second kappa shape index (κ2) is 2.66. The summed E-state index contributed by atoms with van der Waals surface area (Å²) >= 11 is 0. The van der Waals surface area contributed by atoms with E-state index in [2.05, 4.69) is 0 Å². The fraction of sp³-hybridized carbons (Fsp3) is 0. The average molecular weight is 172 g/mol. The van der Waals surface area contributed by atoms with Crippen molar-refractivity contribution >= 4 is 18.6 Å². The molecule has 0 fully saturated rings. The van der Waals surface area contributed by atoms with Gasteiger partial charge in [-0.3, -0.25) is 4.57 Å². The van der Waals surface area contributed by atoms with Crippen LogP contribution < -0.4 is 11.0 Å². The van der Waals surface area contributed by atoms with Crippen molar-refractivity contribution in [2.45, 2.75) is 0 Å². The molecule has 0 amide bonds. The van der Waals surface area contributed by atoms with Gasteiger partial charge in [0, 0.05) is 0 Å². The number of nitrogens with one attached hydrogen (secondary N) is 1. The summed E-state index contributed by atoms with van der Waals surface area (Å²) in [5, 5.41) is -0.106. The second-order valence-electron chi connectivity index (χ2n) is 2.09. The molecule has 11 heavy (non-hydrogen) atoms. The first-order valence-electron chi connectivity index (χ1n) is 2.88. The Morgan fingerprint density at radius 2 is 2.00 bits per heavy atom. The van der Waals surface area contributed by atoms with E-state index in [1.807, 2.05) is 0 Å². The molecule has 3 N–H and O–H groups in total. The van der Waals surface area contributed by atoms with Gasteiger partial charge in [0.15, 0.2) is 0 Å². The van der Waals surface area contributed by atoms with Gasteiger partial charge < -0.3 is 15.5 Å². The monoisotopic (exact) mass is 172 g/mol. The Labute approximate surface area is 63.8 Å². The van der Waals surface area contributed by atoms with Crippen LogP contribution >= 0.6 is 7.60 Å². The molecule has 0 aliphatic rings. The Hall–Kier alpha value is -0.830. The largest absolute Gasteiger partial charge is 0.356 e. The molecule has 0 bridgehead atoms. The Morgan fingerprint density at radius 1 is 1.36 bits per heavy atom. The first kappa shape index (κ1) is 8.27. The van der Waals surface area contributed by atoms with Crippen molar-refractivity contribution in [3.63, 3.8) is 0 Å². The van der Waals surface area contributed by atoms with E-state index in [1.54, 1.807) is 0 Å². The minimum atomic E-state index is -4.17. The van der Waals surface area contributed by atoms with Crippen LogP contribution in [-0.2, 0) is 4.57 Å². The molecule has 0 aliphatic heterocycles. The topological polar surface area (TPSA) is 81.3 Å². The number of rotatable bonds is 1. The molecular formula is C6H7NO3P. The quantitative estimate of drug-likeness (QED) is 0.601.